The number of nitrogens with zero attached hydrogens (tertiary/aromatic N) is 1. The number of hydrogen-bond donors (Lipinski definition) is 3. The predicted octanol–water partition coefficient (Wildman–Crippen LogP) is 18.9. The maximum atomic E-state index is 12.9. The van der Waals surface area contributed by atoms with E-state index in [1.165, 1.54) is 238 Å². The minimum atomic E-state index is -4.34. The highest BCUT2D eigenvalue weighted by atomic mass is 31.2. The largest absolute Gasteiger partial charge is 0.472 e. The number of allylic oxidation sites excluding steroid dienone is 5. The van der Waals surface area contributed by atoms with Gasteiger partial charge in [-0.2, -0.15) is 0 Å². The highest BCUT2D eigenvalue weighted by Crippen LogP contribution is 2.43. The van der Waals surface area contributed by atoms with Crippen LogP contribution < -0.4 is 5.32 Å². The zero-order valence-electron chi connectivity index (χ0n) is 48.0. The first-order valence-corrected chi connectivity index (χ1v) is 32.4. The lowest BCUT2D eigenvalue weighted by molar-refractivity contribution is -0.870. The molecule has 3 atom stereocenters. The zero-order valence-corrected chi connectivity index (χ0v) is 48.9. The normalized spacial score (nSPS) is 14.1. The molecule has 3 unspecified atom stereocenters. The number of aliphatic hydroxyl groups is 1. The molecule has 0 saturated carbocycles. The topological polar surface area (TPSA) is 105 Å². The van der Waals surface area contributed by atoms with E-state index in [-0.39, 0.29) is 19.1 Å². The van der Waals surface area contributed by atoms with Crippen molar-refractivity contribution in [2.24, 2.45) is 0 Å². The number of rotatable bonds is 57. The van der Waals surface area contributed by atoms with Gasteiger partial charge in [0.05, 0.1) is 39.9 Å². The molecular formula is C62H122N2O6P+. The van der Waals surface area contributed by atoms with Crippen LogP contribution in [0.5, 0.6) is 0 Å². The number of nitrogens with one attached hydrogen (secondary N) is 1. The fraction of sp³-hybridized carbons (Fsp3) is 0.887. The lowest BCUT2D eigenvalue weighted by Crippen LogP contribution is -2.45. The number of quaternary nitrogens is 1. The van der Waals surface area contributed by atoms with Gasteiger partial charge in [0.1, 0.15) is 13.2 Å². The molecule has 420 valence electrons. The number of amides is 1. The van der Waals surface area contributed by atoms with Gasteiger partial charge >= 0.3 is 7.82 Å². The Morgan fingerprint density at radius 1 is 0.479 bits per heavy atom. The number of unbranched alkanes of at least 4 members (excludes halogenated alkanes) is 40. The molecule has 0 aliphatic rings. The molecule has 8 nitrogen and oxygen atoms in total. The van der Waals surface area contributed by atoms with Crippen LogP contribution >= 0.6 is 7.82 Å². The van der Waals surface area contributed by atoms with E-state index in [1.807, 2.05) is 27.2 Å². The molecule has 0 radical (unpaired) electrons. The molecule has 0 saturated heterocycles. The standard InChI is InChI=1S/C62H121N2O6P/c1-6-8-10-12-14-16-18-19-20-21-22-23-24-25-26-27-28-29-30-31-32-33-34-35-36-37-38-39-40-41-42-43-44-45-46-48-50-52-54-56-62(66)63-60(59-70-71(67,68)69-58-57-64(3,4)5)61(65)55-53-51-49-47-17-15-13-11-9-7-2/h18-19,21-22,53,55,60-61,65H,6-17,20,23-52,54,56-59H2,1-5H3,(H-,63,66,67,68)/p+1/b19-18-,22-21-,55-53+. The Labute approximate surface area is 442 Å². The lowest BCUT2D eigenvalue weighted by Gasteiger charge is -2.25. The number of phosphoric ester groups is 1. The molecule has 0 aromatic heterocycles. The van der Waals surface area contributed by atoms with Gasteiger partial charge in [0.2, 0.25) is 5.91 Å². The van der Waals surface area contributed by atoms with Gasteiger partial charge < -0.3 is 19.8 Å². The molecule has 71 heavy (non-hydrogen) atoms. The van der Waals surface area contributed by atoms with Gasteiger partial charge in [-0.25, -0.2) is 4.57 Å². The van der Waals surface area contributed by atoms with E-state index in [2.05, 4.69) is 43.5 Å². The Kier molecular flexibility index (Phi) is 52.6. The molecule has 0 aliphatic heterocycles. The fourth-order valence-electron chi connectivity index (χ4n) is 9.25. The second-order valence-corrected chi connectivity index (χ2v) is 23.9. The predicted molar refractivity (Wildman–Crippen MR) is 309 cm³/mol. The molecule has 1 amide bonds. The molecule has 9 heteroatoms. The van der Waals surface area contributed by atoms with Crippen molar-refractivity contribution >= 4 is 13.7 Å². The summed E-state index contributed by atoms with van der Waals surface area (Å²) in [6.07, 6.45) is 70.1. The summed E-state index contributed by atoms with van der Waals surface area (Å²) in [6.45, 7) is 4.81. The first kappa shape index (κ1) is 69.7. The number of phosphoric acid groups is 1. The summed E-state index contributed by atoms with van der Waals surface area (Å²) in [5.41, 5.74) is 0. The Bertz CT molecular complexity index is 1250. The van der Waals surface area contributed by atoms with Crippen molar-refractivity contribution in [2.75, 3.05) is 40.9 Å². The molecule has 0 heterocycles. The summed E-state index contributed by atoms with van der Waals surface area (Å²) in [5, 5.41) is 13.8. The zero-order chi connectivity index (χ0) is 52.0. The Morgan fingerprint density at radius 3 is 1.15 bits per heavy atom. The van der Waals surface area contributed by atoms with Crippen LogP contribution in [0.4, 0.5) is 0 Å². The summed E-state index contributed by atoms with van der Waals surface area (Å²) in [7, 11) is 1.58. The van der Waals surface area contributed by atoms with Crippen LogP contribution in [0.25, 0.3) is 0 Å². The number of carbonyl (C=O) groups is 1. The van der Waals surface area contributed by atoms with Crippen LogP contribution in [0, 0.1) is 0 Å². The highest BCUT2D eigenvalue weighted by Gasteiger charge is 2.27. The Hall–Kier alpha value is -1.28. The molecular weight excluding hydrogens is 900 g/mol. The fourth-order valence-corrected chi connectivity index (χ4v) is 9.99. The van der Waals surface area contributed by atoms with Crippen molar-refractivity contribution in [1.82, 2.24) is 5.32 Å². The van der Waals surface area contributed by atoms with E-state index in [1.54, 1.807) is 6.08 Å². The van der Waals surface area contributed by atoms with Crippen LogP contribution in [0.3, 0.4) is 0 Å². The quantitative estimate of drug-likeness (QED) is 0.0243. The van der Waals surface area contributed by atoms with Crippen molar-refractivity contribution in [2.45, 2.75) is 315 Å². The van der Waals surface area contributed by atoms with Crippen LogP contribution in [-0.2, 0) is 18.4 Å². The van der Waals surface area contributed by atoms with E-state index >= 15 is 0 Å². The van der Waals surface area contributed by atoms with E-state index in [9.17, 15) is 19.4 Å². The summed E-state index contributed by atoms with van der Waals surface area (Å²) >= 11 is 0. The summed E-state index contributed by atoms with van der Waals surface area (Å²) < 4.78 is 23.6. The average molecular weight is 1020 g/mol. The van der Waals surface area contributed by atoms with Gasteiger partial charge in [-0.15, -0.1) is 0 Å². The maximum absolute atomic E-state index is 12.9. The Morgan fingerprint density at radius 2 is 0.803 bits per heavy atom. The van der Waals surface area contributed by atoms with Gasteiger partial charge in [0, 0.05) is 6.42 Å². The van der Waals surface area contributed by atoms with Crippen molar-refractivity contribution in [3.8, 4) is 0 Å². The highest BCUT2D eigenvalue weighted by molar-refractivity contribution is 7.47. The minimum Gasteiger partial charge on any atom is -0.387 e. The molecule has 3 N–H and O–H groups in total. The van der Waals surface area contributed by atoms with Crippen molar-refractivity contribution in [1.29, 1.82) is 0 Å². The number of likely N-dealkylation sites (N-methyl/N-ethyl adjacent to an activating group) is 1. The molecule has 0 aliphatic carbocycles. The van der Waals surface area contributed by atoms with Crippen LogP contribution in [-0.4, -0.2) is 73.4 Å². The molecule has 0 aromatic carbocycles. The van der Waals surface area contributed by atoms with E-state index in [0.717, 1.165) is 44.9 Å². The van der Waals surface area contributed by atoms with Gasteiger partial charge in [0.15, 0.2) is 0 Å². The molecule has 0 aromatic rings. The number of aliphatic hydroxyl groups excluding tert-OH is 1. The minimum absolute atomic E-state index is 0.0634. The van der Waals surface area contributed by atoms with Crippen molar-refractivity contribution in [3.63, 3.8) is 0 Å². The molecule has 0 spiro atoms. The first-order valence-electron chi connectivity index (χ1n) is 30.9. The summed E-state index contributed by atoms with van der Waals surface area (Å²) in [4.78, 5) is 23.2. The third-order valence-corrected chi connectivity index (χ3v) is 15.1. The third kappa shape index (κ3) is 56.3. The van der Waals surface area contributed by atoms with Gasteiger partial charge in [0.25, 0.3) is 0 Å². The van der Waals surface area contributed by atoms with Crippen LogP contribution in [0.1, 0.15) is 303 Å². The van der Waals surface area contributed by atoms with E-state index < -0.39 is 20.0 Å². The number of carbonyl (C=O) groups excluding carboxylic acids is 1. The maximum Gasteiger partial charge on any atom is 0.472 e. The van der Waals surface area contributed by atoms with Crippen molar-refractivity contribution in [3.05, 3.63) is 36.5 Å². The van der Waals surface area contributed by atoms with Crippen LogP contribution in [0.15, 0.2) is 36.5 Å². The lowest BCUT2D eigenvalue weighted by atomic mass is 10.0. The van der Waals surface area contributed by atoms with Gasteiger partial charge in [-0.3, -0.25) is 13.8 Å². The first-order chi connectivity index (χ1) is 34.5. The summed E-state index contributed by atoms with van der Waals surface area (Å²) in [5.74, 6) is -0.174. The van der Waals surface area contributed by atoms with Gasteiger partial charge in [-0.1, -0.05) is 281 Å². The molecule has 0 bridgehead atoms. The van der Waals surface area contributed by atoms with E-state index in [4.69, 9.17) is 9.05 Å². The second-order valence-electron chi connectivity index (χ2n) is 22.4. The smallest absolute Gasteiger partial charge is 0.387 e. The Balaban J connectivity index is 3.80. The second kappa shape index (κ2) is 53.5. The molecule has 0 rings (SSSR count). The average Bonchev–Trinajstić information content (AvgIpc) is 3.33. The van der Waals surface area contributed by atoms with E-state index in [0.29, 0.717) is 17.4 Å². The third-order valence-electron chi connectivity index (χ3n) is 14.1. The monoisotopic (exact) mass is 1020 g/mol. The number of hydrogen-bond acceptors (Lipinski definition) is 5. The summed E-state index contributed by atoms with van der Waals surface area (Å²) in [6, 6.07) is -0.842. The molecule has 0 fully saturated rings. The SMILES string of the molecule is CCCCCCC/C=C\C/C=C\CCCCCCCCCCCCCCCCCCCCCCCCCCCCCC(=O)NC(COP(=O)(O)OCC[N+](C)(C)C)C(O)/C=C/CCCCCCCCCC. The van der Waals surface area contributed by atoms with Crippen LogP contribution in [0.2, 0.25) is 0 Å². The van der Waals surface area contributed by atoms with Crippen molar-refractivity contribution < 1.29 is 32.9 Å². The van der Waals surface area contributed by atoms with Gasteiger partial charge in [-0.05, 0) is 51.4 Å².